The lowest BCUT2D eigenvalue weighted by molar-refractivity contribution is -0.153. The number of hydrogen-bond donors (Lipinski definition) is 8. The van der Waals surface area contributed by atoms with Crippen molar-refractivity contribution in [3.05, 3.63) is 71.8 Å². The smallest absolute Gasteiger partial charge is 0.254 e. The number of carbonyl (C=O) groups is 8. The topological polar surface area (TPSA) is 315 Å². The predicted molar refractivity (Wildman–Crippen MR) is 177 cm³/mol. The minimum Gasteiger partial charge on any atom is -0.412 e. The molecule has 276 valence electrons. The summed E-state index contributed by atoms with van der Waals surface area (Å²) in [4.78, 5) is 96.5. The summed E-state index contributed by atoms with van der Waals surface area (Å²) in [5, 5.41) is 28.0. The summed E-state index contributed by atoms with van der Waals surface area (Å²) in [6, 6.07) is 13.6. The Kier molecular flexibility index (Phi) is 16.4. The van der Waals surface area contributed by atoms with Gasteiger partial charge < -0.3 is 48.4 Å². The highest BCUT2D eigenvalue weighted by Gasteiger charge is 2.35. The molecule has 2 aromatic carbocycles. The van der Waals surface area contributed by atoms with Crippen molar-refractivity contribution in [1.29, 1.82) is 0 Å². The van der Waals surface area contributed by atoms with Crippen LogP contribution in [0.15, 0.2) is 60.7 Å². The summed E-state index contributed by atoms with van der Waals surface area (Å²) in [6.07, 6.45) is 0.508. The lowest BCUT2D eigenvalue weighted by atomic mass is 10.1. The van der Waals surface area contributed by atoms with Crippen LogP contribution in [0.2, 0.25) is 0 Å². The number of nitrogens with two attached hydrogens (primary N) is 2. The summed E-state index contributed by atoms with van der Waals surface area (Å²) in [6.45, 7) is -2.92. The van der Waals surface area contributed by atoms with Gasteiger partial charge in [0.15, 0.2) is 0 Å². The van der Waals surface area contributed by atoms with Crippen LogP contribution in [-0.2, 0) is 51.2 Å². The van der Waals surface area contributed by atoms with E-state index in [1.807, 2.05) is 60.7 Å². The fraction of sp³-hybridized carbons (Fsp3) is 0.375. The first kappa shape index (κ1) is 41.6. The number of carbonyl (C=O) groups excluding carboxylic acids is 8. The number of nitrogens with one attached hydrogen (secondary N) is 4. The van der Waals surface area contributed by atoms with Gasteiger partial charge in [-0.2, -0.15) is 0 Å². The second kappa shape index (κ2) is 20.2. The highest BCUT2D eigenvalue weighted by Crippen LogP contribution is 2.06. The molecule has 4 atom stereocenters. The van der Waals surface area contributed by atoms with E-state index in [-0.39, 0.29) is 31.4 Å². The summed E-state index contributed by atoms with van der Waals surface area (Å²) < 4.78 is 0. The van der Waals surface area contributed by atoms with Gasteiger partial charge in [-0.05, 0) is 24.0 Å². The number of benzene rings is 2. The molecule has 0 unspecified atom stereocenters. The van der Waals surface area contributed by atoms with Crippen molar-refractivity contribution in [2.75, 3.05) is 39.4 Å². The highest BCUT2D eigenvalue weighted by atomic mass is 16.3. The van der Waals surface area contributed by atoms with Gasteiger partial charge in [0.1, 0.15) is 25.2 Å². The van der Waals surface area contributed by atoms with Crippen molar-refractivity contribution in [3.63, 3.8) is 0 Å². The second-order valence-electron chi connectivity index (χ2n) is 11.3. The zero-order chi connectivity index (χ0) is 36.8. The lowest BCUT2D eigenvalue weighted by Gasteiger charge is -2.28. The molecule has 12 N–H and O–H groups in total. The van der Waals surface area contributed by atoms with Crippen LogP contribution in [0, 0.1) is 0 Å². The Hall–Kier alpha value is -5.60. The maximum atomic E-state index is 12.3. The van der Waals surface area contributed by atoms with Crippen molar-refractivity contribution in [2.45, 2.75) is 37.0 Å². The van der Waals surface area contributed by atoms with E-state index in [9.17, 15) is 48.6 Å². The van der Waals surface area contributed by atoms with Crippen molar-refractivity contribution in [1.82, 2.24) is 31.1 Å². The van der Waals surface area contributed by atoms with Crippen LogP contribution in [0.3, 0.4) is 0 Å². The van der Waals surface area contributed by atoms with E-state index in [2.05, 4.69) is 21.3 Å². The number of aliphatic hydroxyl groups excluding tert-OH is 2. The third-order valence-electron chi connectivity index (χ3n) is 7.48. The molecule has 51 heavy (non-hydrogen) atoms. The number of amides is 8. The van der Waals surface area contributed by atoms with Gasteiger partial charge in [0.2, 0.25) is 35.4 Å². The molecule has 8 amide bonds. The van der Waals surface area contributed by atoms with Crippen molar-refractivity contribution in [3.8, 4) is 0 Å². The average Bonchev–Trinajstić information content (AvgIpc) is 3.11. The van der Waals surface area contributed by atoms with E-state index in [1.165, 1.54) is 0 Å². The summed E-state index contributed by atoms with van der Waals surface area (Å²) in [7, 11) is 0. The normalized spacial score (nSPS) is 16.5. The Balaban J connectivity index is 0.000000347. The second-order valence-corrected chi connectivity index (χ2v) is 11.3. The molecule has 2 heterocycles. The maximum absolute atomic E-state index is 12.3. The van der Waals surface area contributed by atoms with Gasteiger partial charge >= 0.3 is 0 Å². The van der Waals surface area contributed by atoms with Gasteiger partial charge in [-0.1, -0.05) is 60.7 Å². The Morgan fingerprint density at radius 2 is 0.980 bits per heavy atom. The van der Waals surface area contributed by atoms with Crippen LogP contribution in [0.1, 0.15) is 11.1 Å². The van der Waals surface area contributed by atoms with E-state index >= 15 is 0 Å². The van der Waals surface area contributed by atoms with Crippen molar-refractivity contribution >= 4 is 47.3 Å². The summed E-state index contributed by atoms with van der Waals surface area (Å²) in [5.41, 5.74) is 13.4. The van der Waals surface area contributed by atoms with Gasteiger partial charge in [0, 0.05) is 0 Å². The van der Waals surface area contributed by atoms with Crippen LogP contribution in [0.25, 0.3) is 0 Å². The summed E-state index contributed by atoms with van der Waals surface area (Å²) >= 11 is 0. The minimum absolute atomic E-state index is 0. The Morgan fingerprint density at radius 3 is 1.29 bits per heavy atom. The van der Waals surface area contributed by atoms with Gasteiger partial charge in [-0.25, -0.2) is 0 Å². The van der Waals surface area contributed by atoms with Crippen LogP contribution in [0.4, 0.5) is 0 Å². The third-order valence-corrected chi connectivity index (χ3v) is 7.48. The predicted octanol–water partition coefficient (Wildman–Crippen LogP) is -5.79. The molecule has 2 fully saturated rings. The number of nitrogens with zero attached hydrogens (tertiary/aromatic N) is 2. The molecule has 2 aliphatic heterocycles. The van der Waals surface area contributed by atoms with Crippen molar-refractivity contribution in [2.24, 2.45) is 11.5 Å². The standard InChI is InChI=1S/2C16H20N4O5.H2O/c2*17-11(6-10-4-2-1-3-5-10)15(24)19-12(9-21)16(25)20-8-13(22)18-7-14(20)23;/h2*1-5,11-12,21H,6-9,17H2,(H,18,22)(H,19,24);1H2/t2*11-,12-;/m00./s1. The van der Waals surface area contributed by atoms with E-state index in [1.54, 1.807) is 0 Å². The molecule has 0 saturated carbocycles. The van der Waals surface area contributed by atoms with E-state index < -0.39 is 97.7 Å². The third kappa shape index (κ3) is 12.3. The number of imide groups is 2. The van der Waals surface area contributed by atoms with E-state index in [0.29, 0.717) is 9.80 Å². The SMILES string of the molecule is N[C@@H](Cc1ccccc1)C(=O)N[C@@H](CO)C(=O)N1CC(=O)NCC1=O.N[C@@H](Cc1ccccc1)C(=O)N[C@@H](CO)C(=O)N1CC(=O)NCC1=O.O. The van der Waals surface area contributed by atoms with Gasteiger partial charge in [-0.3, -0.25) is 48.2 Å². The van der Waals surface area contributed by atoms with E-state index in [4.69, 9.17) is 11.5 Å². The largest absolute Gasteiger partial charge is 0.412 e. The molecular formula is C32H42N8O11. The number of piperazine rings is 2. The number of rotatable bonds is 12. The Labute approximate surface area is 292 Å². The molecule has 19 heteroatoms. The molecule has 2 aliphatic rings. The van der Waals surface area contributed by atoms with E-state index in [0.717, 1.165) is 11.1 Å². The molecule has 0 aliphatic carbocycles. The fourth-order valence-corrected chi connectivity index (χ4v) is 4.74. The molecule has 0 spiro atoms. The van der Waals surface area contributed by atoms with Crippen molar-refractivity contribution < 1.29 is 54.0 Å². The molecule has 0 radical (unpaired) electrons. The number of hydrogen-bond acceptors (Lipinski definition) is 12. The molecule has 19 nitrogen and oxygen atoms in total. The molecule has 4 rings (SSSR count). The lowest BCUT2D eigenvalue weighted by Crippen LogP contribution is -2.60. The minimum atomic E-state index is -1.34. The average molecular weight is 715 g/mol. The quantitative estimate of drug-likeness (QED) is 0.102. The Bertz CT molecular complexity index is 1450. The number of aliphatic hydroxyl groups is 2. The van der Waals surface area contributed by atoms with Gasteiger partial charge in [-0.15, -0.1) is 0 Å². The monoisotopic (exact) mass is 714 g/mol. The molecule has 2 saturated heterocycles. The van der Waals surface area contributed by atoms with Crippen LogP contribution >= 0.6 is 0 Å². The van der Waals surface area contributed by atoms with Crippen LogP contribution < -0.4 is 32.7 Å². The molecule has 0 aromatic heterocycles. The fourth-order valence-electron chi connectivity index (χ4n) is 4.74. The summed E-state index contributed by atoms with van der Waals surface area (Å²) in [5.74, 6) is -5.15. The first-order valence-electron chi connectivity index (χ1n) is 15.5. The molecular weight excluding hydrogens is 672 g/mol. The Morgan fingerprint density at radius 1 is 0.647 bits per heavy atom. The first-order valence-corrected chi connectivity index (χ1v) is 15.5. The van der Waals surface area contributed by atoms with Gasteiger partial charge in [0.25, 0.3) is 11.8 Å². The zero-order valence-corrected chi connectivity index (χ0v) is 27.4. The van der Waals surface area contributed by atoms with Crippen LogP contribution in [-0.4, -0.2) is 136 Å². The van der Waals surface area contributed by atoms with Crippen LogP contribution in [0.5, 0.6) is 0 Å². The maximum Gasteiger partial charge on any atom is 0.254 e. The molecule has 2 aromatic rings. The zero-order valence-electron chi connectivity index (χ0n) is 27.4. The molecule has 0 bridgehead atoms. The first-order chi connectivity index (χ1) is 23.8. The van der Waals surface area contributed by atoms with Gasteiger partial charge in [0.05, 0.1) is 38.4 Å². The highest BCUT2D eigenvalue weighted by molar-refractivity contribution is 6.06.